The molecule has 2 rings (SSSR count). The zero-order chi connectivity index (χ0) is 16.1. The highest BCUT2D eigenvalue weighted by Crippen LogP contribution is 2.25. The third-order valence-corrected chi connectivity index (χ3v) is 3.02. The normalized spacial score (nSPS) is 11.7. The van der Waals surface area contributed by atoms with Crippen LogP contribution in [-0.4, -0.2) is 27.2 Å². The van der Waals surface area contributed by atoms with Crippen molar-refractivity contribution >= 4 is 17.3 Å². The molecule has 0 bridgehead atoms. The minimum Gasteiger partial charge on any atom is -0.492 e. The number of carbonyl (C=O) groups is 1. The van der Waals surface area contributed by atoms with Crippen LogP contribution < -0.4 is 10.1 Å². The maximum atomic E-state index is 12.3. The molecule has 1 unspecified atom stereocenters. The second-order valence-corrected chi connectivity index (χ2v) is 4.53. The molecular weight excluding hydrogens is 288 g/mol. The van der Waals surface area contributed by atoms with Gasteiger partial charge in [0.15, 0.2) is 0 Å². The summed E-state index contributed by atoms with van der Waals surface area (Å²) in [5, 5.41) is 17.2. The van der Waals surface area contributed by atoms with Crippen LogP contribution in [0.2, 0.25) is 0 Å². The number of para-hydroxylation sites is 2. The van der Waals surface area contributed by atoms with Gasteiger partial charge in [0, 0.05) is 0 Å². The molecule has 8 nitrogen and oxygen atoms in total. The van der Waals surface area contributed by atoms with Gasteiger partial charge in [0.05, 0.1) is 17.2 Å². The highest BCUT2D eigenvalue weighted by atomic mass is 16.6. The summed E-state index contributed by atoms with van der Waals surface area (Å²) >= 11 is 0. The van der Waals surface area contributed by atoms with E-state index in [0.717, 1.165) is 6.20 Å². The number of benzene rings is 1. The first-order valence-corrected chi connectivity index (χ1v) is 6.74. The minimum atomic E-state index is -0.691. The fraction of sp³-hybridized carbons (Fsp3) is 0.286. The van der Waals surface area contributed by atoms with Gasteiger partial charge in [-0.1, -0.05) is 12.1 Å². The number of nitrogens with one attached hydrogen (secondary N) is 1. The van der Waals surface area contributed by atoms with Gasteiger partial charge in [0.1, 0.15) is 24.2 Å². The van der Waals surface area contributed by atoms with E-state index in [2.05, 4.69) is 10.4 Å². The average molecular weight is 304 g/mol. The van der Waals surface area contributed by atoms with Gasteiger partial charge in [-0.3, -0.25) is 19.6 Å². The number of hydrogen-bond donors (Lipinski definition) is 1. The zero-order valence-corrected chi connectivity index (χ0v) is 12.2. The summed E-state index contributed by atoms with van der Waals surface area (Å²) in [4.78, 5) is 22.3. The molecule has 1 aromatic heterocycles. The summed E-state index contributed by atoms with van der Waals surface area (Å²) in [7, 11) is 0. The molecule has 0 aliphatic rings. The number of nitro groups is 1. The van der Waals surface area contributed by atoms with E-state index in [4.69, 9.17) is 4.74 Å². The number of ether oxygens (including phenoxy) is 1. The summed E-state index contributed by atoms with van der Waals surface area (Å²) in [5.41, 5.74) is 0.386. The lowest BCUT2D eigenvalue weighted by atomic mass is 10.2. The van der Waals surface area contributed by atoms with E-state index in [0.29, 0.717) is 18.0 Å². The molecule has 1 heterocycles. The average Bonchev–Trinajstić information content (AvgIpc) is 2.98. The molecule has 0 fully saturated rings. The number of rotatable bonds is 6. The minimum absolute atomic E-state index is 0.158. The molecule has 1 aromatic carbocycles. The lowest BCUT2D eigenvalue weighted by Gasteiger charge is -2.15. The molecule has 1 atom stereocenters. The van der Waals surface area contributed by atoms with Crippen molar-refractivity contribution in [3.05, 3.63) is 46.8 Å². The van der Waals surface area contributed by atoms with E-state index >= 15 is 0 Å². The first kappa shape index (κ1) is 15.5. The van der Waals surface area contributed by atoms with Crippen LogP contribution in [0.4, 0.5) is 11.4 Å². The molecule has 0 saturated carbocycles. The predicted molar refractivity (Wildman–Crippen MR) is 79.8 cm³/mol. The number of aromatic nitrogens is 2. The Kier molecular flexibility index (Phi) is 4.72. The van der Waals surface area contributed by atoms with Gasteiger partial charge in [0.25, 0.3) is 0 Å². The molecular formula is C14H16N4O4. The van der Waals surface area contributed by atoms with Gasteiger partial charge in [-0.05, 0) is 26.0 Å². The number of hydrogen-bond acceptors (Lipinski definition) is 5. The number of nitrogens with zero attached hydrogens (tertiary/aromatic N) is 3. The fourth-order valence-corrected chi connectivity index (χ4v) is 1.84. The summed E-state index contributed by atoms with van der Waals surface area (Å²) in [6, 6.07) is 6.37. The van der Waals surface area contributed by atoms with Crippen LogP contribution in [0.3, 0.4) is 0 Å². The zero-order valence-electron chi connectivity index (χ0n) is 12.2. The first-order valence-electron chi connectivity index (χ1n) is 6.74. The Bertz CT molecular complexity index is 683. The topological polar surface area (TPSA) is 99.3 Å². The predicted octanol–water partition coefficient (Wildman–Crippen LogP) is 2.39. The van der Waals surface area contributed by atoms with Gasteiger partial charge in [-0.2, -0.15) is 5.10 Å². The van der Waals surface area contributed by atoms with E-state index in [1.54, 1.807) is 31.2 Å². The number of amides is 1. The van der Waals surface area contributed by atoms with Gasteiger partial charge in [0.2, 0.25) is 5.91 Å². The second kappa shape index (κ2) is 6.70. The Morgan fingerprint density at radius 1 is 1.50 bits per heavy atom. The Morgan fingerprint density at radius 3 is 2.86 bits per heavy atom. The highest BCUT2D eigenvalue weighted by molar-refractivity contribution is 5.94. The Hall–Kier alpha value is -2.90. The van der Waals surface area contributed by atoms with Crippen LogP contribution in [0.1, 0.15) is 19.9 Å². The van der Waals surface area contributed by atoms with Gasteiger partial charge >= 0.3 is 5.69 Å². The monoisotopic (exact) mass is 304 g/mol. The molecule has 0 spiro atoms. The third kappa shape index (κ3) is 3.40. The van der Waals surface area contributed by atoms with E-state index < -0.39 is 11.0 Å². The molecule has 8 heteroatoms. The molecule has 0 aliphatic carbocycles. The number of anilines is 1. The van der Waals surface area contributed by atoms with Crippen LogP contribution in [-0.2, 0) is 4.79 Å². The molecule has 0 aliphatic heterocycles. The van der Waals surface area contributed by atoms with Gasteiger partial charge < -0.3 is 10.1 Å². The van der Waals surface area contributed by atoms with Crippen molar-refractivity contribution in [3.8, 4) is 5.75 Å². The molecule has 0 saturated heterocycles. The van der Waals surface area contributed by atoms with Crippen LogP contribution in [0, 0.1) is 10.1 Å². The first-order chi connectivity index (χ1) is 10.5. The Balaban J connectivity index is 2.12. The smallest absolute Gasteiger partial charge is 0.307 e. The SMILES string of the molecule is CCOc1ccccc1NC(=O)C(C)n1cc([N+](=O)[O-])cn1. The van der Waals surface area contributed by atoms with Crippen LogP contribution in [0.5, 0.6) is 5.75 Å². The van der Waals surface area contributed by atoms with Crippen molar-refractivity contribution in [1.29, 1.82) is 0 Å². The summed E-state index contributed by atoms with van der Waals surface area (Å²) in [6.45, 7) is 3.94. The Morgan fingerprint density at radius 2 is 2.23 bits per heavy atom. The molecule has 0 radical (unpaired) electrons. The maximum absolute atomic E-state index is 12.3. The molecule has 1 N–H and O–H groups in total. The highest BCUT2D eigenvalue weighted by Gasteiger charge is 2.20. The molecule has 116 valence electrons. The van der Waals surface area contributed by atoms with Crippen molar-refractivity contribution in [2.45, 2.75) is 19.9 Å². The largest absolute Gasteiger partial charge is 0.492 e. The van der Waals surface area contributed by atoms with Crippen LogP contribution in [0.15, 0.2) is 36.7 Å². The van der Waals surface area contributed by atoms with Crippen LogP contribution in [0.25, 0.3) is 0 Å². The van der Waals surface area contributed by atoms with E-state index in [9.17, 15) is 14.9 Å². The summed E-state index contributed by atoms with van der Waals surface area (Å²) < 4.78 is 6.68. The van der Waals surface area contributed by atoms with Crippen LogP contribution >= 0.6 is 0 Å². The molecule has 22 heavy (non-hydrogen) atoms. The van der Waals surface area contributed by atoms with Crippen molar-refractivity contribution in [1.82, 2.24) is 9.78 Å². The van der Waals surface area contributed by atoms with Crippen molar-refractivity contribution < 1.29 is 14.5 Å². The third-order valence-electron chi connectivity index (χ3n) is 3.02. The lowest BCUT2D eigenvalue weighted by molar-refractivity contribution is -0.385. The van der Waals surface area contributed by atoms with E-state index in [1.165, 1.54) is 10.9 Å². The van der Waals surface area contributed by atoms with Crippen molar-refractivity contribution in [3.63, 3.8) is 0 Å². The standard InChI is InChI=1S/C14H16N4O4/c1-3-22-13-7-5-4-6-12(13)16-14(19)10(2)17-9-11(8-15-17)18(20)21/h4-10H,3H2,1-2H3,(H,16,19). The maximum Gasteiger partial charge on any atom is 0.307 e. The van der Waals surface area contributed by atoms with E-state index in [-0.39, 0.29) is 11.6 Å². The number of carbonyl (C=O) groups excluding carboxylic acids is 1. The molecule has 2 aromatic rings. The van der Waals surface area contributed by atoms with E-state index in [1.807, 2.05) is 6.92 Å². The quantitative estimate of drug-likeness (QED) is 0.652. The lowest BCUT2D eigenvalue weighted by Crippen LogP contribution is -2.24. The van der Waals surface area contributed by atoms with Gasteiger partial charge in [-0.25, -0.2) is 0 Å². The van der Waals surface area contributed by atoms with Gasteiger partial charge in [-0.15, -0.1) is 0 Å². The van der Waals surface area contributed by atoms with Crippen molar-refractivity contribution in [2.75, 3.05) is 11.9 Å². The Labute approximate surface area is 126 Å². The fourth-order valence-electron chi connectivity index (χ4n) is 1.84. The summed E-state index contributed by atoms with van der Waals surface area (Å²) in [5.74, 6) is 0.224. The molecule has 1 amide bonds. The second-order valence-electron chi connectivity index (χ2n) is 4.53. The van der Waals surface area contributed by atoms with Crippen molar-refractivity contribution in [2.24, 2.45) is 0 Å². The summed E-state index contributed by atoms with van der Waals surface area (Å²) in [6.07, 6.45) is 2.33.